The average Bonchev–Trinajstić information content (AvgIpc) is 2.37. The Bertz CT molecular complexity index is 500. The van der Waals surface area contributed by atoms with E-state index in [-0.39, 0.29) is 11.8 Å². The molecule has 0 radical (unpaired) electrons. The van der Waals surface area contributed by atoms with Gasteiger partial charge in [0.25, 0.3) is 0 Å². The summed E-state index contributed by atoms with van der Waals surface area (Å²) in [6.07, 6.45) is 1.24. The van der Waals surface area contributed by atoms with Gasteiger partial charge in [-0.1, -0.05) is 12.1 Å². The van der Waals surface area contributed by atoms with Gasteiger partial charge in [0.15, 0.2) is 0 Å². The normalized spacial score (nSPS) is 13.4. The Morgan fingerprint density at radius 3 is 2.40 bits per heavy atom. The molecule has 0 heterocycles. The van der Waals surface area contributed by atoms with Crippen LogP contribution in [0.5, 0.6) is 5.75 Å². The number of nitrogens with zero attached hydrogens (tertiary/aromatic N) is 1. The van der Waals surface area contributed by atoms with Crippen molar-refractivity contribution in [1.29, 1.82) is 0 Å². The third kappa shape index (κ3) is 6.36. The summed E-state index contributed by atoms with van der Waals surface area (Å²) in [5.74, 6) is 0.980. The highest BCUT2D eigenvalue weighted by atomic mass is 32.2. The van der Waals surface area contributed by atoms with Gasteiger partial charge in [-0.15, -0.1) is 0 Å². The number of likely N-dealkylation sites (N-methyl/N-ethyl adjacent to an activating group) is 1. The van der Waals surface area contributed by atoms with Gasteiger partial charge in [-0.25, -0.2) is 8.42 Å². The molecule has 1 aromatic carbocycles. The molecule has 0 fully saturated rings. The third-order valence-corrected chi connectivity index (χ3v) is 3.90. The van der Waals surface area contributed by atoms with Gasteiger partial charge in [0, 0.05) is 25.4 Å². The second kappa shape index (κ2) is 7.61. The molecule has 20 heavy (non-hydrogen) atoms. The largest absolute Gasteiger partial charge is 0.494 e. The Hall–Kier alpha value is -1.11. The molecule has 1 atom stereocenters. The molecule has 0 spiro atoms. The monoisotopic (exact) mass is 300 g/mol. The van der Waals surface area contributed by atoms with Crippen LogP contribution in [-0.2, 0) is 9.84 Å². The van der Waals surface area contributed by atoms with Crippen LogP contribution in [0, 0.1) is 0 Å². The molecule has 0 saturated carbocycles. The lowest BCUT2D eigenvalue weighted by atomic mass is 10.1. The number of hydrogen-bond acceptors (Lipinski definition) is 5. The summed E-state index contributed by atoms with van der Waals surface area (Å²) in [6.45, 7) is 3.68. The predicted octanol–water partition coefficient (Wildman–Crippen LogP) is 1.06. The molecule has 1 rings (SSSR count). The van der Waals surface area contributed by atoms with Gasteiger partial charge >= 0.3 is 0 Å². The third-order valence-electron chi connectivity index (χ3n) is 2.97. The van der Waals surface area contributed by atoms with E-state index in [0.29, 0.717) is 19.7 Å². The van der Waals surface area contributed by atoms with E-state index in [1.54, 1.807) is 0 Å². The second-order valence-corrected chi connectivity index (χ2v) is 7.26. The molecular weight excluding hydrogens is 276 g/mol. The minimum Gasteiger partial charge on any atom is -0.494 e. The van der Waals surface area contributed by atoms with Crippen molar-refractivity contribution in [3.05, 3.63) is 29.8 Å². The summed E-state index contributed by atoms with van der Waals surface area (Å²) >= 11 is 0. The smallest absolute Gasteiger partial charge is 0.148 e. The maximum atomic E-state index is 11.1. The second-order valence-electron chi connectivity index (χ2n) is 5.00. The van der Waals surface area contributed by atoms with E-state index in [0.717, 1.165) is 11.3 Å². The summed E-state index contributed by atoms with van der Waals surface area (Å²) in [7, 11) is -1.06. The number of rotatable bonds is 8. The molecule has 0 aromatic heterocycles. The Morgan fingerprint density at radius 1 is 1.30 bits per heavy atom. The SMILES string of the molecule is CCOc1ccc(C(N)CN(C)CCS(C)(=O)=O)cc1. The summed E-state index contributed by atoms with van der Waals surface area (Å²) in [5.41, 5.74) is 7.14. The molecule has 1 unspecified atom stereocenters. The van der Waals surface area contributed by atoms with E-state index >= 15 is 0 Å². The fourth-order valence-corrected chi connectivity index (χ4v) is 2.48. The minimum atomic E-state index is -2.93. The van der Waals surface area contributed by atoms with Crippen molar-refractivity contribution in [1.82, 2.24) is 4.90 Å². The molecule has 1 aromatic rings. The average molecular weight is 300 g/mol. The quantitative estimate of drug-likeness (QED) is 0.777. The van der Waals surface area contributed by atoms with Gasteiger partial charge in [-0.05, 0) is 31.7 Å². The first-order valence-electron chi connectivity index (χ1n) is 6.66. The van der Waals surface area contributed by atoms with E-state index in [1.165, 1.54) is 6.26 Å². The lowest BCUT2D eigenvalue weighted by Crippen LogP contribution is -2.32. The Morgan fingerprint density at radius 2 is 1.90 bits per heavy atom. The molecule has 5 nitrogen and oxygen atoms in total. The molecule has 0 aliphatic heterocycles. The standard InChI is InChI=1S/C14H24N2O3S/c1-4-19-13-7-5-12(6-8-13)14(15)11-16(2)9-10-20(3,17)18/h5-8,14H,4,9-11,15H2,1-3H3. The fraction of sp³-hybridized carbons (Fsp3) is 0.571. The maximum absolute atomic E-state index is 11.1. The number of hydrogen-bond donors (Lipinski definition) is 1. The van der Waals surface area contributed by atoms with E-state index in [1.807, 2.05) is 43.1 Å². The first kappa shape index (κ1) is 16.9. The van der Waals surface area contributed by atoms with Gasteiger partial charge in [0.05, 0.1) is 12.4 Å². The van der Waals surface area contributed by atoms with Gasteiger partial charge in [-0.2, -0.15) is 0 Å². The highest BCUT2D eigenvalue weighted by Gasteiger charge is 2.11. The van der Waals surface area contributed by atoms with Crippen LogP contribution in [0.25, 0.3) is 0 Å². The molecule has 0 saturated heterocycles. The number of benzene rings is 1. The van der Waals surface area contributed by atoms with E-state index in [9.17, 15) is 8.42 Å². The zero-order valence-electron chi connectivity index (χ0n) is 12.4. The molecule has 2 N–H and O–H groups in total. The van der Waals surface area contributed by atoms with E-state index in [4.69, 9.17) is 10.5 Å². The van der Waals surface area contributed by atoms with Crippen LogP contribution in [0.2, 0.25) is 0 Å². The van der Waals surface area contributed by atoms with Crippen molar-refractivity contribution in [2.24, 2.45) is 5.73 Å². The van der Waals surface area contributed by atoms with Crippen molar-refractivity contribution in [2.45, 2.75) is 13.0 Å². The highest BCUT2D eigenvalue weighted by molar-refractivity contribution is 7.90. The Balaban J connectivity index is 2.50. The number of sulfone groups is 1. The van der Waals surface area contributed by atoms with Crippen LogP contribution >= 0.6 is 0 Å². The lowest BCUT2D eigenvalue weighted by molar-refractivity contribution is 0.328. The van der Waals surface area contributed by atoms with Crippen LogP contribution in [0.15, 0.2) is 24.3 Å². The lowest BCUT2D eigenvalue weighted by Gasteiger charge is -2.21. The van der Waals surface area contributed by atoms with Crippen molar-refractivity contribution in [2.75, 3.05) is 38.8 Å². The first-order valence-corrected chi connectivity index (χ1v) is 8.72. The Kier molecular flexibility index (Phi) is 6.45. The van der Waals surface area contributed by atoms with Crippen molar-refractivity contribution in [3.63, 3.8) is 0 Å². The number of nitrogens with two attached hydrogens (primary N) is 1. The fourth-order valence-electron chi connectivity index (χ4n) is 1.83. The summed E-state index contributed by atoms with van der Waals surface area (Å²) in [4.78, 5) is 1.93. The zero-order chi connectivity index (χ0) is 15.2. The molecule has 0 bridgehead atoms. The van der Waals surface area contributed by atoms with Crippen LogP contribution in [0.4, 0.5) is 0 Å². The first-order chi connectivity index (χ1) is 9.31. The molecular formula is C14H24N2O3S. The predicted molar refractivity (Wildman–Crippen MR) is 81.7 cm³/mol. The van der Waals surface area contributed by atoms with E-state index < -0.39 is 9.84 Å². The molecule has 0 aliphatic rings. The molecule has 114 valence electrons. The Labute approximate surface area is 121 Å². The van der Waals surface area contributed by atoms with E-state index in [2.05, 4.69) is 0 Å². The van der Waals surface area contributed by atoms with Crippen molar-refractivity contribution < 1.29 is 13.2 Å². The minimum absolute atomic E-state index is 0.143. The van der Waals surface area contributed by atoms with Gasteiger partial charge < -0.3 is 15.4 Å². The molecule has 0 aliphatic carbocycles. The summed E-state index contributed by atoms with van der Waals surface area (Å²) < 4.78 is 27.6. The topological polar surface area (TPSA) is 72.6 Å². The highest BCUT2D eigenvalue weighted by Crippen LogP contribution is 2.17. The van der Waals surface area contributed by atoms with Gasteiger partial charge in [0.2, 0.25) is 0 Å². The van der Waals surface area contributed by atoms with Crippen LogP contribution in [0.1, 0.15) is 18.5 Å². The van der Waals surface area contributed by atoms with Crippen LogP contribution in [0.3, 0.4) is 0 Å². The van der Waals surface area contributed by atoms with Gasteiger partial charge in [0.1, 0.15) is 15.6 Å². The van der Waals surface area contributed by atoms with Crippen molar-refractivity contribution >= 4 is 9.84 Å². The zero-order valence-corrected chi connectivity index (χ0v) is 13.2. The molecule has 6 heteroatoms. The summed E-state index contributed by atoms with van der Waals surface area (Å²) in [6, 6.07) is 7.54. The van der Waals surface area contributed by atoms with Gasteiger partial charge in [-0.3, -0.25) is 0 Å². The summed E-state index contributed by atoms with van der Waals surface area (Å²) in [5, 5.41) is 0. The van der Waals surface area contributed by atoms with Crippen LogP contribution < -0.4 is 10.5 Å². The van der Waals surface area contributed by atoms with Crippen LogP contribution in [-0.4, -0.2) is 52.1 Å². The maximum Gasteiger partial charge on any atom is 0.148 e. The number of ether oxygens (including phenoxy) is 1. The van der Waals surface area contributed by atoms with Crippen molar-refractivity contribution in [3.8, 4) is 5.75 Å². The molecule has 0 amide bonds.